The van der Waals surface area contributed by atoms with Crippen LogP contribution in [0.2, 0.25) is 0 Å². The first-order valence-corrected chi connectivity index (χ1v) is 9.90. The van der Waals surface area contributed by atoms with E-state index in [0.29, 0.717) is 29.7 Å². The summed E-state index contributed by atoms with van der Waals surface area (Å²) < 4.78 is 5.65. The van der Waals surface area contributed by atoms with Crippen LogP contribution in [0.25, 0.3) is 17.2 Å². The van der Waals surface area contributed by atoms with Crippen LogP contribution in [0, 0.1) is 35.0 Å². The maximum atomic E-state index is 11.8. The molecule has 1 saturated heterocycles. The van der Waals surface area contributed by atoms with Crippen LogP contribution in [-0.2, 0) is 9.53 Å². The molecule has 0 bridgehead atoms. The van der Waals surface area contributed by atoms with Crippen molar-refractivity contribution in [3.63, 3.8) is 0 Å². The molecule has 1 aliphatic heterocycles. The molecule has 1 aliphatic carbocycles. The highest BCUT2D eigenvalue weighted by molar-refractivity contribution is 5.72. The van der Waals surface area contributed by atoms with Crippen molar-refractivity contribution in [2.75, 3.05) is 0 Å². The third-order valence-electron chi connectivity index (χ3n) is 6.35. The molecule has 0 radical (unpaired) electrons. The highest BCUT2D eigenvalue weighted by atomic mass is 16.6. The molecule has 1 aromatic carbocycles. The van der Waals surface area contributed by atoms with E-state index in [1.807, 2.05) is 42.5 Å². The Balaban J connectivity index is 1.54. The number of ether oxygens (including phenoxy) is 1. The molecular weight excluding hydrogens is 348 g/mol. The standard InChI is InChI=1S/C24H24N2O2/c1-15-11-19-12-23(27)28-24(19)21(16(15)2)10-9-20-8-7-18(14-26-20)22-6-4-3-5-17(22)13-25/h3-10,14-16,19,21,24H,11-12H2,1-2H3/t15-,16+,19+,21-,24-/m0/s1. The van der Waals surface area contributed by atoms with E-state index in [1.165, 1.54) is 0 Å². The van der Waals surface area contributed by atoms with E-state index in [0.717, 1.165) is 23.2 Å². The van der Waals surface area contributed by atoms with Gasteiger partial charge in [-0.15, -0.1) is 0 Å². The number of nitriles is 1. The third-order valence-corrected chi connectivity index (χ3v) is 6.35. The first kappa shape index (κ1) is 18.4. The molecule has 2 aliphatic rings. The van der Waals surface area contributed by atoms with E-state index in [-0.39, 0.29) is 18.0 Å². The van der Waals surface area contributed by atoms with Crippen LogP contribution < -0.4 is 0 Å². The van der Waals surface area contributed by atoms with Crippen molar-refractivity contribution in [1.82, 2.24) is 4.98 Å². The van der Waals surface area contributed by atoms with Gasteiger partial charge in [0.25, 0.3) is 0 Å². The van der Waals surface area contributed by atoms with Gasteiger partial charge in [0.05, 0.1) is 23.7 Å². The largest absolute Gasteiger partial charge is 0.461 e. The number of rotatable bonds is 3. The van der Waals surface area contributed by atoms with Gasteiger partial charge in [-0.1, -0.05) is 44.2 Å². The summed E-state index contributed by atoms with van der Waals surface area (Å²) in [7, 11) is 0. The Morgan fingerprint density at radius 3 is 2.79 bits per heavy atom. The van der Waals surface area contributed by atoms with Crippen LogP contribution in [0.15, 0.2) is 48.7 Å². The molecular formula is C24H24N2O2. The lowest BCUT2D eigenvalue weighted by atomic mass is 9.67. The topological polar surface area (TPSA) is 63.0 Å². The molecule has 142 valence electrons. The van der Waals surface area contributed by atoms with Crippen molar-refractivity contribution in [1.29, 1.82) is 5.26 Å². The molecule has 4 nitrogen and oxygen atoms in total. The number of esters is 1. The Kier molecular flexibility index (Phi) is 5.00. The minimum Gasteiger partial charge on any atom is -0.461 e. The predicted octanol–water partition coefficient (Wildman–Crippen LogP) is 4.86. The van der Waals surface area contributed by atoms with Gasteiger partial charge >= 0.3 is 5.97 Å². The maximum Gasteiger partial charge on any atom is 0.306 e. The second-order valence-corrected chi connectivity index (χ2v) is 8.06. The predicted molar refractivity (Wildman–Crippen MR) is 108 cm³/mol. The summed E-state index contributed by atoms with van der Waals surface area (Å²) in [4.78, 5) is 16.3. The molecule has 0 unspecified atom stereocenters. The lowest BCUT2D eigenvalue weighted by Gasteiger charge is -2.39. The van der Waals surface area contributed by atoms with E-state index in [4.69, 9.17) is 4.74 Å². The van der Waals surface area contributed by atoms with Crippen molar-refractivity contribution >= 4 is 12.0 Å². The zero-order chi connectivity index (χ0) is 19.7. The SMILES string of the molecule is C[C@H]1[C@H](C=Cc2ccc(-c3ccccc3C#N)cn2)[C@H]2OC(=O)C[C@H]2C[C@@H]1C. The van der Waals surface area contributed by atoms with Gasteiger partial charge in [-0.25, -0.2) is 0 Å². The number of fused-ring (bicyclic) bond motifs is 1. The fourth-order valence-corrected chi connectivity index (χ4v) is 4.60. The molecule has 28 heavy (non-hydrogen) atoms. The van der Waals surface area contributed by atoms with Crippen LogP contribution in [0.1, 0.15) is 37.9 Å². The van der Waals surface area contributed by atoms with Crippen molar-refractivity contribution < 1.29 is 9.53 Å². The van der Waals surface area contributed by atoms with Gasteiger partial charge in [0.1, 0.15) is 6.10 Å². The van der Waals surface area contributed by atoms with Crippen molar-refractivity contribution in [3.05, 3.63) is 59.9 Å². The molecule has 2 aromatic rings. The quantitative estimate of drug-likeness (QED) is 0.722. The number of carbonyl (C=O) groups is 1. The Hall–Kier alpha value is -2.93. The fourth-order valence-electron chi connectivity index (χ4n) is 4.60. The number of hydrogen-bond donors (Lipinski definition) is 0. The van der Waals surface area contributed by atoms with E-state index >= 15 is 0 Å². The second kappa shape index (κ2) is 7.59. The van der Waals surface area contributed by atoms with E-state index in [1.54, 1.807) is 6.20 Å². The fraction of sp³-hybridized carbons (Fsp3) is 0.375. The van der Waals surface area contributed by atoms with Crippen molar-refractivity contribution in [2.45, 2.75) is 32.8 Å². The average molecular weight is 372 g/mol. The zero-order valence-electron chi connectivity index (χ0n) is 16.2. The maximum absolute atomic E-state index is 11.8. The second-order valence-electron chi connectivity index (χ2n) is 8.06. The summed E-state index contributed by atoms with van der Waals surface area (Å²) in [5, 5.41) is 9.28. The first-order chi connectivity index (χ1) is 13.6. The minimum atomic E-state index is -0.0617. The van der Waals surface area contributed by atoms with Gasteiger partial charge in [-0.3, -0.25) is 9.78 Å². The summed E-state index contributed by atoms with van der Waals surface area (Å²) in [6.07, 6.45) is 7.62. The Morgan fingerprint density at radius 1 is 1.21 bits per heavy atom. The van der Waals surface area contributed by atoms with Gasteiger partial charge in [0.15, 0.2) is 0 Å². The molecule has 2 fully saturated rings. The number of hydrogen-bond acceptors (Lipinski definition) is 4. The molecule has 1 saturated carbocycles. The number of nitrogens with zero attached hydrogens (tertiary/aromatic N) is 2. The van der Waals surface area contributed by atoms with Crippen molar-refractivity contribution in [3.8, 4) is 17.2 Å². The molecule has 4 heteroatoms. The van der Waals surface area contributed by atoms with Gasteiger partial charge in [-0.2, -0.15) is 5.26 Å². The van der Waals surface area contributed by atoms with Gasteiger partial charge in [0, 0.05) is 29.2 Å². The van der Waals surface area contributed by atoms with Gasteiger partial charge < -0.3 is 4.74 Å². The highest BCUT2D eigenvalue weighted by Crippen LogP contribution is 2.45. The van der Waals surface area contributed by atoms with Gasteiger partial charge in [-0.05, 0) is 36.5 Å². The number of aromatic nitrogens is 1. The first-order valence-electron chi connectivity index (χ1n) is 9.90. The Morgan fingerprint density at radius 2 is 2.04 bits per heavy atom. The minimum absolute atomic E-state index is 0.00303. The number of benzene rings is 1. The molecule has 1 aromatic heterocycles. The highest BCUT2D eigenvalue weighted by Gasteiger charge is 2.46. The molecule has 0 spiro atoms. The normalized spacial score (nSPS) is 29.3. The summed E-state index contributed by atoms with van der Waals surface area (Å²) in [6, 6.07) is 13.7. The summed E-state index contributed by atoms with van der Waals surface area (Å²) in [5.74, 6) is 1.54. The smallest absolute Gasteiger partial charge is 0.306 e. The van der Waals surface area contributed by atoms with Crippen LogP contribution in [-0.4, -0.2) is 17.1 Å². The van der Waals surface area contributed by atoms with E-state index in [2.05, 4.69) is 31.0 Å². The lowest BCUT2D eigenvalue weighted by molar-refractivity contribution is -0.144. The van der Waals surface area contributed by atoms with Crippen LogP contribution in [0.3, 0.4) is 0 Å². The number of pyridine rings is 1. The Bertz CT molecular complexity index is 942. The molecule has 0 amide bonds. The van der Waals surface area contributed by atoms with Crippen LogP contribution in [0.5, 0.6) is 0 Å². The summed E-state index contributed by atoms with van der Waals surface area (Å²) in [6.45, 7) is 4.52. The van der Waals surface area contributed by atoms with Crippen molar-refractivity contribution in [2.24, 2.45) is 23.7 Å². The van der Waals surface area contributed by atoms with Crippen LogP contribution >= 0.6 is 0 Å². The summed E-state index contributed by atoms with van der Waals surface area (Å²) in [5.41, 5.74) is 3.33. The molecule has 2 heterocycles. The number of carbonyl (C=O) groups excluding carboxylic acids is 1. The summed E-state index contributed by atoms with van der Waals surface area (Å²) >= 11 is 0. The van der Waals surface area contributed by atoms with Crippen LogP contribution in [0.4, 0.5) is 0 Å². The molecule has 0 N–H and O–H groups in total. The molecule has 4 rings (SSSR count). The Labute approximate surface area is 165 Å². The molecule has 5 atom stereocenters. The monoisotopic (exact) mass is 372 g/mol. The average Bonchev–Trinajstić information content (AvgIpc) is 3.08. The van der Waals surface area contributed by atoms with Gasteiger partial charge in [0.2, 0.25) is 0 Å². The zero-order valence-corrected chi connectivity index (χ0v) is 16.2. The lowest BCUT2D eigenvalue weighted by Crippen LogP contribution is -2.39. The third kappa shape index (κ3) is 3.45. The van der Waals surface area contributed by atoms with E-state index in [9.17, 15) is 10.1 Å². The van der Waals surface area contributed by atoms with E-state index < -0.39 is 0 Å².